The Kier molecular flexibility index (Phi) is 3.79. The van der Waals surface area contributed by atoms with Gasteiger partial charge in [0.2, 0.25) is 0 Å². The second-order valence-corrected chi connectivity index (χ2v) is 4.74. The summed E-state index contributed by atoms with van der Waals surface area (Å²) in [5.74, 6) is 0.655. The summed E-state index contributed by atoms with van der Waals surface area (Å²) in [5, 5.41) is 12.6. The minimum Gasteiger partial charge on any atom is -0.492 e. The minimum atomic E-state index is -0.781. The first-order chi connectivity index (χ1) is 10.3. The monoisotopic (exact) mass is 280 g/mol. The fourth-order valence-corrected chi connectivity index (χ4v) is 2.37. The fraction of sp³-hybridized carbons (Fsp3) is 0.176. The second-order valence-electron chi connectivity index (χ2n) is 4.74. The topological polar surface area (TPSA) is 55.2 Å². The molecule has 2 aromatic heterocycles. The number of rotatable bonds is 4. The number of aliphatic hydroxyl groups excluding tert-OH is 1. The molecular formula is C17H16N2O2. The van der Waals surface area contributed by atoms with Crippen LogP contribution in [0.5, 0.6) is 5.75 Å². The highest BCUT2D eigenvalue weighted by molar-refractivity contribution is 5.85. The normalized spacial score (nSPS) is 12.3. The third kappa shape index (κ3) is 2.71. The van der Waals surface area contributed by atoms with Crippen LogP contribution in [-0.4, -0.2) is 21.7 Å². The first kappa shape index (κ1) is 13.5. The van der Waals surface area contributed by atoms with Crippen LogP contribution in [0, 0.1) is 0 Å². The van der Waals surface area contributed by atoms with Crippen LogP contribution in [0.3, 0.4) is 0 Å². The molecule has 0 saturated carbocycles. The first-order valence-corrected chi connectivity index (χ1v) is 6.88. The van der Waals surface area contributed by atoms with Gasteiger partial charge in [-0.25, -0.2) is 0 Å². The van der Waals surface area contributed by atoms with Crippen LogP contribution in [0.15, 0.2) is 55.1 Å². The molecule has 0 spiro atoms. The number of hydrogen-bond acceptors (Lipinski definition) is 4. The molecule has 106 valence electrons. The van der Waals surface area contributed by atoms with Crippen molar-refractivity contribution in [2.45, 2.75) is 13.0 Å². The van der Waals surface area contributed by atoms with Gasteiger partial charge in [0.25, 0.3) is 0 Å². The summed E-state index contributed by atoms with van der Waals surface area (Å²) < 4.78 is 5.43. The summed E-state index contributed by atoms with van der Waals surface area (Å²) in [4.78, 5) is 8.33. The maximum Gasteiger partial charge on any atom is 0.137 e. The van der Waals surface area contributed by atoms with E-state index in [1.54, 1.807) is 24.8 Å². The molecule has 2 heterocycles. The largest absolute Gasteiger partial charge is 0.492 e. The molecule has 0 aliphatic rings. The Balaban J connectivity index is 2.04. The SMILES string of the molecule is CCOc1cncc(C(O)c2cncc3ccccc23)c1. The highest BCUT2D eigenvalue weighted by Crippen LogP contribution is 2.29. The van der Waals surface area contributed by atoms with Gasteiger partial charge in [0, 0.05) is 35.1 Å². The van der Waals surface area contributed by atoms with Crippen LogP contribution >= 0.6 is 0 Å². The van der Waals surface area contributed by atoms with E-state index in [2.05, 4.69) is 9.97 Å². The molecule has 0 fully saturated rings. The zero-order chi connectivity index (χ0) is 14.7. The zero-order valence-corrected chi connectivity index (χ0v) is 11.7. The smallest absolute Gasteiger partial charge is 0.137 e. The van der Waals surface area contributed by atoms with Crippen molar-refractivity contribution in [2.75, 3.05) is 6.61 Å². The van der Waals surface area contributed by atoms with Crippen molar-refractivity contribution in [3.63, 3.8) is 0 Å². The summed E-state index contributed by atoms with van der Waals surface area (Å²) in [7, 11) is 0. The average Bonchev–Trinajstić information content (AvgIpc) is 2.54. The zero-order valence-electron chi connectivity index (χ0n) is 11.7. The lowest BCUT2D eigenvalue weighted by atomic mass is 9.99. The molecule has 1 unspecified atom stereocenters. The molecule has 0 aliphatic heterocycles. The van der Waals surface area contributed by atoms with E-state index in [-0.39, 0.29) is 0 Å². The molecule has 21 heavy (non-hydrogen) atoms. The number of aromatic nitrogens is 2. The van der Waals surface area contributed by atoms with E-state index in [9.17, 15) is 5.11 Å². The Labute approximate surface area is 123 Å². The van der Waals surface area contributed by atoms with E-state index in [1.165, 1.54) is 0 Å². The lowest BCUT2D eigenvalue weighted by Crippen LogP contribution is -2.03. The standard InChI is InChI=1S/C17H16N2O2/c1-2-21-14-7-13(9-18-10-14)17(20)16-11-19-8-12-5-3-4-6-15(12)16/h3-11,17,20H,2H2,1H3. The van der Waals surface area contributed by atoms with Gasteiger partial charge in [0.15, 0.2) is 0 Å². The van der Waals surface area contributed by atoms with Gasteiger partial charge in [-0.05, 0) is 18.4 Å². The van der Waals surface area contributed by atoms with Crippen molar-refractivity contribution >= 4 is 10.8 Å². The van der Waals surface area contributed by atoms with E-state index in [0.717, 1.165) is 16.3 Å². The lowest BCUT2D eigenvalue weighted by molar-refractivity contribution is 0.220. The third-order valence-electron chi connectivity index (χ3n) is 3.35. The molecule has 3 rings (SSSR count). The van der Waals surface area contributed by atoms with Crippen LogP contribution in [0.4, 0.5) is 0 Å². The van der Waals surface area contributed by atoms with Crippen LogP contribution in [0.25, 0.3) is 10.8 Å². The Bertz CT molecular complexity index is 753. The van der Waals surface area contributed by atoms with Crippen LogP contribution in [0.2, 0.25) is 0 Å². The average molecular weight is 280 g/mol. The third-order valence-corrected chi connectivity index (χ3v) is 3.35. The summed E-state index contributed by atoms with van der Waals surface area (Å²) in [6, 6.07) is 9.68. The quantitative estimate of drug-likeness (QED) is 0.797. The van der Waals surface area contributed by atoms with Crippen LogP contribution in [-0.2, 0) is 0 Å². The van der Waals surface area contributed by atoms with Gasteiger partial charge in [0.05, 0.1) is 12.8 Å². The molecule has 1 atom stereocenters. The maximum absolute atomic E-state index is 10.6. The van der Waals surface area contributed by atoms with Crippen LogP contribution in [0.1, 0.15) is 24.2 Å². The molecule has 0 bridgehead atoms. The predicted molar refractivity (Wildman–Crippen MR) is 81.2 cm³/mol. The fourth-order valence-electron chi connectivity index (χ4n) is 2.37. The van der Waals surface area contributed by atoms with Crippen molar-refractivity contribution in [1.82, 2.24) is 9.97 Å². The number of pyridine rings is 2. The van der Waals surface area contributed by atoms with E-state index < -0.39 is 6.10 Å². The molecule has 0 saturated heterocycles. The van der Waals surface area contributed by atoms with Gasteiger partial charge >= 0.3 is 0 Å². The lowest BCUT2D eigenvalue weighted by Gasteiger charge is -2.14. The van der Waals surface area contributed by atoms with Gasteiger partial charge in [-0.3, -0.25) is 9.97 Å². The van der Waals surface area contributed by atoms with Gasteiger partial charge in [-0.1, -0.05) is 24.3 Å². The summed E-state index contributed by atoms with van der Waals surface area (Å²) >= 11 is 0. The van der Waals surface area contributed by atoms with Crippen molar-refractivity contribution in [2.24, 2.45) is 0 Å². The minimum absolute atomic E-state index is 0.567. The van der Waals surface area contributed by atoms with Crippen molar-refractivity contribution in [1.29, 1.82) is 0 Å². The van der Waals surface area contributed by atoms with Crippen molar-refractivity contribution in [3.8, 4) is 5.75 Å². The number of fused-ring (bicyclic) bond motifs is 1. The van der Waals surface area contributed by atoms with E-state index in [4.69, 9.17) is 4.74 Å². The molecule has 4 heteroatoms. The van der Waals surface area contributed by atoms with Gasteiger partial charge < -0.3 is 9.84 Å². The predicted octanol–water partition coefficient (Wildman–Crippen LogP) is 3.11. The highest BCUT2D eigenvalue weighted by atomic mass is 16.5. The Morgan fingerprint density at radius 2 is 1.90 bits per heavy atom. The van der Waals surface area contributed by atoms with Crippen molar-refractivity contribution < 1.29 is 9.84 Å². The number of ether oxygens (including phenoxy) is 1. The molecule has 4 nitrogen and oxygen atoms in total. The molecule has 0 amide bonds. The van der Waals surface area contributed by atoms with Gasteiger partial charge in [-0.15, -0.1) is 0 Å². The van der Waals surface area contributed by atoms with Gasteiger partial charge in [-0.2, -0.15) is 0 Å². The molecule has 0 radical (unpaired) electrons. The molecule has 0 aliphatic carbocycles. The van der Waals surface area contributed by atoms with E-state index in [0.29, 0.717) is 17.9 Å². The molecular weight excluding hydrogens is 264 g/mol. The maximum atomic E-state index is 10.6. The van der Waals surface area contributed by atoms with E-state index >= 15 is 0 Å². The number of benzene rings is 1. The first-order valence-electron chi connectivity index (χ1n) is 6.88. The van der Waals surface area contributed by atoms with Crippen LogP contribution < -0.4 is 4.74 Å². The Morgan fingerprint density at radius 3 is 2.76 bits per heavy atom. The molecule has 3 aromatic rings. The Hall–Kier alpha value is -2.46. The highest BCUT2D eigenvalue weighted by Gasteiger charge is 2.15. The van der Waals surface area contributed by atoms with E-state index in [1.807, 2.05) is 37.3 Å². The van der Waals surface area contributed by atoms with Crippen molar-refractivity contribution in [3.05, 3.63) is 66.2 Å². The number of aliphatic hydroxyl groups is 1. The summed E-state index contributed by atoms with van der Waals surface area (Å²) in [6.45, 7) is 2.48. The Morgan fingerprint density at radius 1 is 1.10 bits per heavy atom. The summed E-state index contributed by atoms with van der Waals surface area (Å²) in [5.41, 5.74) is 1.46. The molecule has 1 N–H and O–H groups in total. The van der Waals surface area contributed by atoms with Gasteiger partial charge in [0.1, 0.15) is 11.9 Å². The summed E-state index contributed by atoms with van der Waals surface area (Å²) in [6.07, 6.45) is 5.99. The second kappa shape index (κ2) is 5.89. The number of nitrogens with zero attached hydrogens (tertiary/aromatic N) is 2. The molecule has 1 aromatic carbocycles. The number of hydrogen-bond donors (Lipinski definition) is 1.